The fourth-order valence-corrected chi connectivity index (χ4v) is 2.22. The van der Waals surface area contributed by atoms with Gasteiger partial charge in [-0.1, -0.05) is 26.0 Å². The number of carbonyl (C=O) groups excluding carboxylic acids is 1. The molecule has 0 unspecified atom stereocenters. The number of hydrogen-bond acceptors (Lipinski definition) is 4. The van der Waals surface area contributed by atoms with E-state index in [1.165, 1.54) is 18.2 Å². The molecular formula is C18H25N3O2. The van der Waals surface area contributed by atoms with Gasteiger partial charge in [0.05, 0.1) is 0 Å². The number of aliphatic imine (C=N–C) groups is 1. The zero-order valence-corrected chi connectivity index (χ0v) is 13.8. The highest BCUT2D eigenvalue weighted by atomic mass is 16.5. The number of amides is 1. The predicted octanol–water partition coefficient (Wildman–Crippen LogP) is 2.76. The Morgan fingerprint density at radius 1 is 1.30 bits per heavy atom. The summed E-state index contributed by atoms with van der Waals surface area (Å²) < 4.78 is 5.73. The molecule has 1 heterocycles. The van der Waals surface area contributed by atoms with Crippen molar-refractivity contribution in [3.63, 3.8) is 0 Å². The number of nitrogens with zero attached hydrogens (tertiary/aromatic N) is 1. The normalized spacial score (nSPS) is 14.4. The van der Waals surface area contributed by atoms with Crippen LogP contribution in [0.4, 0.5) is 0 Å². The summed E-state index contributed by atoms with van der Waals surface area (Å²) >= 11 is 0. The second kappa shape index (κ2) is 8.48. The van der Waals surface area contributed by atoms with E-state index in [9.17, 15) is 4.79 Å². The zero-order valence-electron chi connectivity index (χ0n) is 13.8. The summed E-state index contributed by atoms with van der Waals surface area (Å²) in [5.41, 5.74) is 6.99. The van der Waals surface area contributed by atoms with Crippen LogP contribution in [0.3, 0.4) is 0 Å². The molecule has 0 saturated heterocycles. The first-order chi connectivity index (χ1) is 11.0. The van der Waals surface area contributed by atoms with Crippen molar-refractivity contribution < 1.29 is 9.53 Å². The highest BCUT2D eigenvalue weighted by Gasteiger charge is 2.13. The van der Waals surface area contributed by atoms with Gasteiger partial charge >= 0.3 is 0 Å². The summed E-state index contributed by atoms with van der Waals surface area (Å²) in [5, 5.41) is 3.43. The second-order valence-electron chi connectivity index (χ2n) is 6.15. The fourth-order valence-electron chi connectivity index (χ4n) is 2.22. The van der Waals surface area contributed by atoms with Crippen LogP contribution in [0.15, 0.2) is 41.0 Å². The van der Waals surface area contributed by atoms with Crippen LogP contribution in [-0.4, -0.2) is 18.3 Å². The summed E-state index contributed by atoms with van der Waals surface area (Å²) in [7, 11) is 0. The van der Waals surface area contributed by atoms with Crippen LogP contribution in [-0.2, 0) is 11.3 Å². The molecule has 1 aromatic carbocycles. The topological polar surface area (TPSA) is 76.7 Å². The van der Waals surface area contributed by atoms with Gasteiger partial charge in [0.2, 0.25) is 5.91 Å². The van der Waals surface area contributed by atoms with Crippen molar-refractivity contribution in [2.45, 2.75) is 39.7 Å². The largest absolute Gasteiger partial charge is 0.443 e. The zero-order chi connectivity index (χ0) is 16.7. The van der Waals surface area contributed by atoms with Gasteiger partial charge in [-0.15, -0.1) is 0 Å². The minimum Gasteiger partial charge on any atom is -0.443 e. The maximum absolute atomic E-state index is 11.0. The number of primary amides is 1. The molecule has 0 saturated carbocycles. The Kier molecular flexibility index (Phi) is 6.35. The molecule has 0 aliphatic carbocycles. The number of rotatable bonds is 7. The number of nitrogens with two attached hydrogens (primary N) is 1. The Balaban J connectivity index is 1.82. The third kappa shape index (κ3) is 5.87. The number of carbonyl (C=O) groups is 1. The Labute approximate surface area is 137 Å². The summed E-state index contributed by atoms with van der Waals surface area (Å²) in [6, 6.07) is 7.97. The van der Waals surface area contributed by atoms with Gasteiger partial charge in [0.1, 0.15) is 5.75 Å². The fraction of sp³-hybridized carbons (Fsp3) is 0.444. The van der Waals surface area contributed by atoms with Gasteiger partial charge in [0.25, 0.3) is 0 Å². The molecule has 1 aromatic rings. The van der Waals surface area contributed by atoms with Crippen molar-refractivity contribution in [1.29, 1.82) is 0 Å². The van der Waals surface area contributed by atoms with Crippen LogP contribution in [0, 0.1) is 5.92 Å². The average Bonchev–Trinajstić information content (AvgIpc) is 2.53. The predicted molar refractivity (Wildman–Crippen MR) is 92.2 cm³/mol. The average molecular weight is 315 g/mol. The van der Waals surface area contributed by atoms with Crippen LogP contribution in [0.25, 0.3) is 0 Å². The maximum atomic E-state index is 11.0. The Bertz CT molecular complexity index is 589. The van der Waals surface area contributed by atoms with E-state index in [0.717, 1.165) is 24.8 Å². The van der Waals surface area contributed by atoms with Gasteiger partial charge < -0.3 is 15.8 Å². The summed E-state index contributed by atoms with van der Waals surface area (Å²) in [6.07, 6.45) is 3.84. The van der Waals surface area contributed by atoms with E-state index in [1.54, 1.807) is 0 Å². The van der Waals surface area contributed by atoms with Gasteiger partial charge in [-0.2, -0.15) is 0 Å². The van der Waals surface area contributed by atoms with Crippen molar-refractivity contribution in [2.75, 3.05) is 6.54 Å². The smallest absolute Gasteiger partial charge is 0.246 e. The highest BCUT2D eigenvalue weighted by molar-refractivity contribution is 5.94. The maximum Gasteiger partial charge on any atom is 0.246 e. The SMILES string of the molecule is CC(C)CCNCc1ccc(OC2=NC=C(C(N)=O)CC2)cc1. The molecule has 5 nitrogen and oxygen atoms in total. The van der Waals surface area contributed by atoms with E-state index in [-0.39, 0.29) is 0 Å². The molecule has 1 aliphatic heterocycles. The van der Waals surface area contributed by atoms with Gasteiger partial charge in [-0.05, 0) is 43.0 Å². The van der Waals surface area contributed by atoms with E-state index in [1.807, 2.05) is 24.3 Å². The Morgan fingerprint density at radius 2 is 2.04 bits per heavy atom. The molecule has 124 valence electrons. The van der Waals surface area contributed by atoms with Crippen molar-refractivity contribution >= 4 is 11.8 Å². The minimum absolute atomic E-state index is 0.415. The molecular weight excluding hydrogens is 290 g/mol. The van der Waals surface area contributed by atoms with E-state index < -0.39 is 5.91 Å². The minimum atomic E-state index is -0.415. The van der Waals surface area contributed by atoms with Crippen LogP contribution in [0.2, 0.25) is 0 Å². The van der Waals surface area contributed by atoms with Gasteiger partial charge in [-0.3, -0.25) is 4.79 Å². The lowest BCUT2D eigenvalue weighted by molar-refractivity contribution is -0.114. The highest BCUT2D eigenvalue weighted by Crippen LogP contribution is 2.17. The van der Waals surface area contributed by atoms with Crippen molar-refractivity contribution in [3.05, 3.63) is 41.6 Å². The molecule has 0 radical (unpaired) electrons. The molecule has 5 heteroatoms. The van der Waals surface area contributed by atoms with Crippen molar-refractivity contribution in [3.8, 4) is 5.75 Å². The molecule has 0 bridgehead atoms. The number of ether oxygens (including phenoxy) is 1. The van der Waals surface area contributed by atoms with Crippen LogP contribution in [0.1, 0.15) is 38.7 Å². The molecule has 0 atom stereocenters. The van der Waals surface area contributed by atoms with Crippen molar-refractivity contribution in [1.82, 2.24) is 5.32 Å². The molecule has 0 aromatic heterocycles. The number of nitrogens with one attached hydrogen (secondary N) is 1. The monoisotopic (exact) mass is 315 g/mol. The first-order valence-corrected chi connectivity index (χ1v) is 8.07. The molecule has 2 rings (SSSR count). The third-order valence-corrected chi connectivity index (χ3v) is 3.68. The third-order valence-electron chi connectivity index (χ3n) is 3.68. The van der Waals surface area contributed by atoms with E-state index in [0.29, 0.717) is 24.3 Å². The van der Waals surface area contributed by atoms with Gasteiger partial charge in [0.15, 0.2) is 5.90 Å². The standard InChI is InChI=1S/C18H25N3O2/c1-13(2)9-10-20-11-14-3-6-16(7-4-14)23-17-8-5-15(12-21-17)18(19)22/h3-4,6-7,12-13,20H,5,8-11H2,1-2H3,(H2,19,22). The van der Waals surface area contributed by atoms with E-state index in [2.05, 4.69) is 24.2 Å². The molecule has 23 heavy (non-hydrogen) atoms. The van der Waals surface area contributed by atoms with Gasteiger partial charge in [0, 0.05) is 24.7 Å². The molecule has 1 aliphatic rings. The Morgan fingerprint density at radius 3 is 2.61 bits per heavy atom. The number of hydrogen-bond donors (Lipinski definition) is 2. The quantitative estimate of drug-likeness (QED) is 0.760. The van der Waals surface area contributed by atoms with Gasteiger partial charge in [-0.25, -0.2) is 4.99 Å². The molecule has 0 fully saturated rings. The molecule has 3 N–H and O–H groups in total. The van der Waals surface area contributed by atoms with Crippen LogP contribution < -0.4 is 15.8 Å². The first-order valence-electron chi connectivity index (χ1n) is 8.07. The van der Waals surface area contributed by atoms with E-state index in [4.69, 9.17) is 10.5 Å². The summed E-state index contributed by atoms with van der Waals surface area (Å²) in [4.78, 5) is 15.2. The lowest BCUT2D eigenvalue weighted by atomic mass is 10.1. The van der Waals surface area contributed by atoms with Crippen molar-refractivity contribution in [2.24, 2.45) is 16.6 Å². The van der Waals surface area contributed by atoms with Crippen LogP contribution >= 0.6 is 0 Å². The molecule has 1 amide bonds. The lowest BCUT2D eigenvalue weighted by Gasteiger charge is -2.13. The Hall–Kier alpha value is -2.14. The molecule has 0 spiro atoms. The lowest BCUT2D eigenvalue weighted by Crippen LogP contribution is -2.19. The second-order valence-corrected chi connectivity index (χ2v) is 6.15. The van der Waals surface area contributed by atoms with Crippen LogP contribution in [0.5, 0.6) is 5.75 Å². The number of benzene rings is 1. The summed E-state index contributed by atoms with van der Waals surface area (Å²) in [5.74, 6) is 1.67. The first kappa shape index (κ1) is 17.2. The summed E-state index contributed by atoms with van der Waals surface area (Å²) in [6.45, 7) is 6.34. The van der Waals surface area contributed by atoms with E-state index >= 15 is 0 Å².